The van der Waals surface area contributed by atoms with Gasteiger partial charge in [0, 0.05) is 29.3 Å². The molecule has 3 aromatic rings. The smallest absolute Gasteiger partial charge is 0.271 e. The van der Waals surface area contributed by atoms with E-state index in [1.54, 1.807) is 22.9 Å². The van der Waals surface area contributed by atoms with Crippen LogP contribution in [0, 0.1) is 21.7 Å². The van der Waals surface area contributed by atoms with E-state index in [1.165, 1.54) is 12.1 Å². The maximum atomic E-state index is 13.7. The lowest BCUT2D eigenvalue weighted by Crippen LogP contribution is -2.01. The summed E-state index contributed by atoms with van der Waals surface area (Å²) in [5, 5.41) is 11.6. The summed E-state index contributed by atoms with van der Waals surface area (Å²) in [7, 11) is 0. The van der Waals surface area contributed by atoms with Crippen LogP contribution in [0.15, 0.2) is 48.7 Å². The summed E-state index contributed by atoms with van der Waals surface area (Å²) < 4.78 is 28.5. The van der Waals surface area contributed by atoms with E-state index < -0.39 is 16.6 Å². The van der Waals surface area contributed by atoms with Crippen molar-refractivity contribution in [2.45, 2.75) is 6.54 Å². The highest BCUT2D eigenvalue weighted by molar-refractivity contribution is 5.82. The molecular weight excluding hydrogens is 278 g/mol. The molecular formula is C15H10F2N2O2. The minimum Gasteiger partial charge on any atom is -0.343 e. The SMILES string of the molecule is O=[N+]([O-])c1ccc2ccn(Cc3cc(F)ccc3F)c2c1. The third kappa shape index (κ3) is 2.47. The molecule has 4 nitrogen and oxygen atoms in total. The molecule has 0 radical (unpaired) electrons. The van der Waals surface area contributed by atoms with Crippen LogP contribution in [0.25, 0.3) is 10.9 Å². The van der Waals surface area contributed by atoms with E-state index in [2.05, 4.69) is 0 Å². The lowest BCUT2D eigenvalue weighted by atomic mass is 10.2. The Morgan fingerprint density at radius 3 is 2.67 bits per heavy atom. The zero-order valence-electron chi connectivity index (χ0n) is 10.8. The predicted molar refractivity (Wildman–Crippen MR) is 74.1 cm³/mol. The van der Waals surface area contributed by atoms with Crippen LogP contribution in [0.3, 0.4) is 0 Å². The van der Waals surface area contributed by atoms with E-state index in [-0.39, 0.29) is 17.8 Å². The fraction of sp³-hybridized carbons (Fsp3) is 0.0667. The Bertz CT molecular complexity index is 843. The second kappa shape index (κ2) is 4.97. The molecule has 0 unspecified atom stereocenters. The molecule has 0 atom stereocenters. The number of nitro groups is 1. The van der Waals surface area contributed by atoms with Gasteiger partial charge in [0.15, 0.2) is 0 Å². The van der Waals surface area contributed by atoms with E-state index in [1.807, 2.05) is 0 Å². The second-order valence-corrected chi connectivity index (χ2v) is 4.68. The average Bonchev–Trinajstić information content (AvgIpc) is 2.85. The van der Waals surface area contributed by atoms with Gasteiger partial charge in [-0.05, 0) is 30.3 Å². The van der Waals surface area contributed by atoms with Crippen LogP contribution in [0.4, 0.5) is 14.5 Å². The van der Waals surface area contributed by atoms with Crippen LogP contribution in [0.5, 0.6) is 0 Å². The number of nitrogens with zero attached hydrogens (tertiary/aromatic N) is 2. The van der Waals surface area contributed by atoms with E-state index in [4.69, 9.17) is 0 Å². The fourth-order valence-electron chi connectivity index (χ4n) is 2.27. The number of benzene rings is 2. The van der Waals surface area contributed by atoms with Gasteiger partial charge in [-0.25, -0.2) is 8.78 Å². The molecule has 0 amide bonds. The molecule has 1 heterocycles. The molecule has 0 aliphatic rings. The number of hydrogen-bond donors (Lipinski definition) is 0. The number of aromatic nitrogens is 1. The Hall–Kier alpha value is -2.76. The van der Waals surface area contributed by atoms with Crippen LogP contribution in [-0.4, -0.2) is 9.49 Å². The highest BCUT2D eigenvalue weighted by atomic mass is 19.1. The Labute approximate surface area is 118 Å². The molecule has 0 saturated carbocycles. The summed E-state index contributed by atoms with van der Waals surface area (Å²) >= 11 is 0. The van der Waals surface area contributed by atoms with Gasteiger partial charge in [-0.1, -0.05) is 0 Å². The summed E-state index contributed by atoms with van der Waals surface area (Å²) in [6.07, 6.45) is 1.69. The Morgan fingerprint density at radius 1 is 1.10 bits per heavy atom. The molecule has 0 saturated heterocycles. The Morgan fingerprint density at radius 2 is 1.90 bits per heavy atom. The van der Waals surface area contributed by atoms with Crippen LogP contribution >= 0.6 is 0 Å². The number of halogens is 2. The molecule has 106 valence electrons. The van der Waals surface area contributed by atoms with Crippen LogP contribution in [0.1, 0.15) is 5.56 Å². The lowest BCUT2D eigenvalue weighted by molar-refractivity contribution is -0.384. The largest absolute Gasteiger partial charge is 0.343 e. The molecule has 0 aliphatic carbocycles. The van der Waals surface area contributed by atoms with Crippen molar-refractivity contribution in [3.05, 3.63) is 76.0 Å². The van der Waals surface area contributed by atoms with Crippen molar-refractivity contribution in [1.82, 2.24) is 4.57 Å². The topological polar surface area (TPSA) is 48.1 Å². The van der Waals surface area contributed by atoms with Crippen molar-refractivity contribution in [3.8, 4) is 0 Å². The average molecular weight is 288 g/mol. The highest BCUT2D eigenvalue weighted by Crippen LogP contribution is 2.23. The first-order chi connectivity index (χ1) is 10.0. The number of rotatable bonds is 3. The molecule has 0 N–H and O–H groups in total. The van der Waals surface area contributed by atoms with Crippen molar-refractivity contribution < 1.29 is 13.7 Å². The number of non-ortho nitro benzene ring substituents is 1. The summed E-state index contributed by atoms with van der Waals surface area (Å²) in [5.74, 6) is -1.03. The first-order valence-corrected chi connectivity index (χ1v) is 6.22. The van der Waals surface area contributed by atoms with Gasteiger partial charge in [0.05, 0.1) is 17.0 Å². The molecule has 0 aliphatic heterocycles. The number of fused-ring (bicyclic) bond motifs is 1. The first-order valence-electron chi connectivity index (χ1n) is 6.22. The molecule has 3 rings (SSSR count). The molecule has 0 fully saturated rings. The number of nitro benzene ring substituents is 1. The van der Waals surface area contributed by atoms with Crippen molar-refractivity contribution in [2.24, 2.45) is 0 Å². The molecule has 21 heavy (non-hydrogen) atoms. The normalized spacial score (nSPS) is 11.0. The van der Waals surface area contributed by atoms with Gasteiger partial charge in [0.25, 0.3) is 5.69 Å². The molecule has 0 bridgehead atoms. The van der Waals surface area contributed by atoms with E-state index in [9.17, 15) is 18.9 Å². The maximum absolute atomic E-state index is 13.7. The van der Waals surface area contributed by atoms with E-state index >= 15 is 0 Å². The summed E-state index contributed by atoms with van der Waals surface area (Å²) in [5.41, 5.74) is 0.758. The van der Waals surface area contributed by atoms with Crippen molar-refractivity contribution in [2.75, 3.05) is 0 Å². The van der Waals surface area contributed by atoms with Gasteiger partial charge >= 0.3 is 0 Å². The Kier molecular flexibility index (Phi) is 3.13. The van der Waals surface area contributed by atoms with E-state index in [0.29, 0.717) is 5.52 Å². The third-order valence-electron chi connectivity index (χ3n) is 3.32. The van der Waals surface area contributed by atoms with Gasteiger partial charge in [0.2, 0.25) is 0 Å². The van der Waals surface area contributed by atoms with Gasteiger partial charge in [0.1, 0.15) is 11.6 Å². The molecule has 6 heteroatoms. The minimum atomic E-state index is -0.520. The lowest BCUT2D eigenvalue weighted by Gasteiger charge is -2.07. The van der Waals surface area contributed by atoms with Crippen molar-refractivity contribution in [3.63, 3.8) is 0 Å². The Balaban J connectivity index is 2.06. The third-order valence-corrected chi connectivity index (χ3v) is 3.32. The quantitative estimate of drug-likeness (QED) is 0.542. The fourth-order valence-corrected chi connectivity index (χ4v) is 2.27. The predicted octanol–water partition coefficient (Wildman–Crippen LogP) is 3.88. The zero-order valence-corrected chi connectivity index (χ0v) is 10.8. The second-order valence-electron chi connectivity index (χ2n) is 4.68. The van der Waals surface area contributed by atoms with Crippen LogP contribution in [-0.2, 0) is 6.54 Å². The van der Waals surface area contributed by atoms with Gasteiger partial charge in [-0.15, -0.1) is 0 Å². The highest BCUT2D eigenvalue weighted by Gasteiger charge is 2.11. The van der Waals surface area contributed by atoms with Gasteiger partial charge < -0.3 is 4.57 Å². The van der Waals surface area contributed by atoms with E-state index in [0.717, 1.165) is 23.6 Å². The van der Waals surface area contributed by atoms with Crippen molar-refractivity contribution >= 4 is 16.6 Å². The standard InChI is InChI=1S/C15H10F2N2O2/c16-12-2-4-14(17)11(7-12)9-18-6-5-10-1-3-13(19(20)21)8-15(10)18/h1-8H,9H2. The van der Waals surface area contributed by atoms with Crippen LogP contribution in [0.2, 0.25) is 0 Å². The van der Waals surface area contributed by atoms with Gasteiger partial charge in [-0.3, -0.25) is 10.1 Å². The summed E-state index contributed by atoms with van der Waals surface area (Å²) in [4.78, 5) is 10.3. The van der Waals surface area contributed by atoms with Crippen molar-refractivity contribution in [1.29, 1.82) is 0 Å². The first kappa shape index (κ1) is 13.2. The zero-order chi connectivity index (χ0) is 15.0. The molecule has 1 aromatic heterocycles. The summed E-state index contributed by atoms with van der Waals surface area (Å²) in [6, 6.07) is 9.49. The monoisotopic (exact) mass is 288 g/mol. The molecule has 0 spiro atoms. The summed E-state index contributed by atoms with van der Waals surface area (Å²) in [6.45, 7) is 0.105. The molecule has 2 aromatic carbocycles. The van der Waals surface area contributed by atoms with Gasteiger partial charge in [-0.2, -0.15) is 0 Å². The minimum absolute atomic E-state index is 0.0397. The van der Waals surface area contributed by atoms with Crippen LogP contribution < -0.4 is 0 Å². The number of hydrogen-bond acceptors (Lipinski definition) is 2. The maximum Gasteiger partial charge on any atom is 0.271 e.